The smallest absolute Gasteiger partial charge is 0.240 e. The Kier molecular flexibility index (Phi) is 8.09. The van der Waals surface area contributed by atoms with Gasteiger partial charge in [-0.3, -0.25) is 9.59 Å². The monoisotopic (exact) mass is 355 g/mol. The summed E-state index contributed by atoms with van der Waals surface area (Å²) in [6.45, 7) is 10.4. The molecular weight excluding hydrogens is 326 g/mol. The van der Waals surface area contributed by atoms with Crippen molar-refractivity contribution >= 4 is 11.8 Å². The molecule has 1 unspecified atom stereocenters. The van der Waals surface area contributed by atoms with E-state index in [2.05, 4.69) is 30.6 Å². The van der Waals surface area contributed by atoms with Crippen LogP contribution in [0.25, 0.3) is 0 Å². The number of hydrogen-bond acceptors (Lipinski definition) is 3. The number of nitrogens with zero attached hydrogens (tertiary/aromatic N) is 2. The summed E-state index contributed by atoms with van der Waals surface area (Å²) in [5.41, 5.74) is 1.28. The van der Waals surface area contributed by atoms with Crippen LogP contribution in [0.3, 0.4) is 0 Å². The Balaban J connectivity index is 1.84. The lowest BCUT2D eigenvalue weighted by Gasteiger charge is -2.34. The molecule has 0 bridgehead atoms. The second-order valence-electron chi connectivity index (χ2n) is 6.50. The Morgan fingerprint density at radius 2 is 1.92 bits per heavy atom. The number of amides is 2. The number of carbonyl (C=O) groups excluding carboxylic acids is 2. The van der Waals surface area contributed by atoms with Crippen molar-refractivity contribution in [3.05, 3.63) is 61.2 Å². The second-order valence-corrected chi connectivity index (χ2v) is 6.50. The molecule has 0 saturated carbocycles. The zero-order valence-corrected chi connectivity index (χ0v) is 15.4. The van der Waals surface area contributed by atoms with Gasteiger partial charge in [0.25, 0.3) is 0 Å². The zero-order valence-electron chi connectivity index (χ0n) is 15.4. The van der Waals surface area contributed by atoms with Crippen molar-refractivity contribution in [3.63, 3.8) is 0 Å². The van der Waals surface area contributed by atoms with Crippen molar-refractivity contribution in [1.29, 1.82) is 0 Å². The van der Waals surface area contributed by atoms with E-state index in [9.17, 15) is 9.59 Å². The highest BCUT2D eigenvalue weighted by molar-refractivity contribution is 5.89. The Labute approximate surface area is 156 Å². The van der Waals surface area contributed by atoms with Gasteiger partial charge in [-0.15, -0.1) is 13.2 Å². The molecule has 0 aliphatic carbocycles. The number of piperazine rings is 1. The van der Waals surface area contributed by atoms with Gasteiger partial charge >= 0.3 is 0 Å². The number of nitrogens with one attached hydrogen (secondary N) is 1. The van der Waals surface area contributed by atoms with Crippen LogP contribution in [0.1, 0.15) is 18.4 Å². The third-order valence-corrected chi connectivity index (χ3v) is 4.55. The topological polar surface area (TPSA) is 52.7 Å². The number of aryl methyl sites for hydroxylation is 1. The van der Waals surface area contributed by atoms with Crippen molar-refractivity contribution < 1.29 is 9.59 Å². The molecule has 5 heteroatoms. The Hall–Kier alpha value is -2.40. The van der Waals surface area contributed by atoms with E-state index in [1.54, 1.807) is 17.1 Å². The van der Waals surface area contributed by atoms with Crippen LogP contribution in [0, 0.1) is 0 Å². The van der Waals surface area contributed by atoms with E-state index in [1.165, 1.54) is 5.56 Å². The maximum atomic E-state index is 12.7. The number of hydrogen-bond donors (Lipinski definition) is 1. The van der Waals surface area contributed by atoms with Crippen LogP contribution in [0.5, 0.6) is 0 Å². The lowest BCUT2D eigenvalue weighted by molar-refractivity contribution is -0.140. The van der Waals surface area contributed by atoms with Gasteiger partial charge in [-0.1, -0.05) is 42.5 Å². The minimum atomic E-state index is -0.440. The molecule has 1 aromatic rings. The van der Waals surface area contributed by atoms with E-state index < -0.39 is 6.04 Å². The van der Waals surface area contributed by atoms with Crippen LogP contribution in [0.4, 0.5) is 0 Å². The standard InChI is InChI=1S/C21H29N3O2/c1-3-13-23(14-4-2)20(25)17-19-21(26)24(16-12-22-19)15-8-11-18-9-6-5-7-10-18/h3-7,9-10,19,22H,1-2,8,11-17H2. The fourth-order valence-electron chi connectivity index (χ4n) is 3.19. The highest BCUT2D eigenvalue weighted by atomic mass is 16.2. The van der Waals surface area contributed by atoms with Gasteiger partial charge in [-0.2, -0.15) is 0 Å². The van der Waals surface area contributed by atoms with E-state index in [4.69, 9.17) is 0 Å². The van der Waals surface area contributed by atoms with E-state index in [-0.39, 0.29) is 18.2 Å². The van der Waals surface area contributed by atoms with Gasteiger partial charge in [0, 0.05) is 32.7 Å². The number of rotatable bonds is 10. The summed E-state index contributed by atoms with van der Waals surface area (Å²) in [5, 5.41) is 3.19. The molecule has 1 heterocycles. The van der Waals surface area contributed by atoms with Gasteiger partial charge in [-0.25, -0.2) is 0 Å². The van der Waals surface area contributed by atoms with Gasteiger partial charge in [0.05, 0.1) is 12.5 Å². The van der Waals surface area contributed by atoms with Gasteiger partial charge < -0.3 is 15.1 Å². The summed E-state index contributed by atoms with van der Waals surface area (Å²) in [4.78, 5) is 28.7. The summed E-state index contributed by atoms with van der Waals surface area (Å²) in [6.07, 6.45) is 5.43. The van der Waals surface area contributed by atoms with Crippen molar-refractivity contribution in [2.45, 2.75) is 25.3 Å². The quantitative estimate of drug-likeness (QED) is 0.653. The van der Waals surface area contributed by atoms with Crippen molar-refractivity contribution in [3.8, 4) is 0 Å². The van der Waals surface area contributed by atoms with Crippen LogP contribution >= 0.6 is 0 Å². The molecule has 26 heavy (non-hydrogen) atoms. The first-order valence-corrected chi connectivity index (χ1v) is 9.21. The fourth-order valence-corrected chi connectivity index (χ4v) is 3.19. The molecule has 2 amide bonds. The molecule has 1 aromatic carbocycles. The molecule has 140 valence electrons. The lowest BCUT2D eigenvalue weighted by atomic mass is 10.1. The molecule has 1 atom stereocenters. The normalized spacial score (nSPS) is 17.0. The minimum Gasteiger partial charge on any atom is -0.340 e. The molecule has 1 fully saturated rings. The van der Waals surface area contributed by atoms with E-state index in [0.29, 0.717) is 19.6 Å². The first-order chi connectivity index (χ1) is 12.7. The summed E-state index contributed by atoms with van der Waals surface area (Å²) < 4.78 is 0. The minimum absolute atomic E-state index is 0.0230. The van der Waals surface area contributed by atoms with Gasteiger partial charge in [-0.05, 0) is 18.4 Å². The first-order valence-electron chi connectivity index (χ1n) is 9.21. The number of carbonyl (C=O) groups is 2. The summed E-state index contributed by atoms with van der Waals surface area (Å²) in [6, 6.07) is 9.85. The largest absolute Gasteiger partial charge is 0.340 e. The molecule has 5 nitrogen and oxygen atoms in total. The fraction of sp³-hybridized carbons (Fsp3) is 0.429. The Morgan fingerprint density at radius 1 is 1.23 bits per heavy atom. The molecule has 0 spiro atoms. The maximum Gasteiger partial charge on any atom is 0.240 e. The van der Waals surface area contributed by atoms with Gasteiger partial charge in [0.2, 0.25) is 11.8 Å². The van der Waals surface area contributed by atoms with Crippen molar-refractivity contribution in [1.82, 2.24) is 15.1 Å². The zero-order chi connectivity index (χ0) is 18.8. The number of benzene rings is 1. The lowest BCUT2D eigenvalue weighted by Crippen LogP contribution is -2.56. The van der Waals surface area contributed by atoms with Gasteiger partial charge in [0.15, 0.2) is 0 Å². The molecule has 1 aliphatic rings. The van der Waals surface area contributed by atoms with Gasteiger partial charge in [0.1, 0.15) is 0 Å². The van der Waals surface area contributed by atoms with E-state index in [1.807, 2.05) is 23.1 Å². The molecular formula is C21H29N3O2. The van der Waals surface area contributed by atoms with Crippen LogP contribution in [-0.2, 0) is 16.0 Å². The predicted octanol–water partition coefficient (Wildman–Crippen LogP) is 2.01. The van der Waals surface area contributed by atoms with Crippen LogP contribution < -0.4 is 5.32 Å². The van der Waals surface area contributed by atoms with Crippen LogP contribution in [-0.4, -0.2) is 60.4 Å². The molecule has 1 saturated heterocycles. The average Bonchev–Trinajstić information content (AvgIpc) is 2.65. The van der Waals surface area contributed by atoms with E-state index >= 15 is 0 Å². The van der Waals surface area contributed by atoms with Crippen LogP contribution in [0.2, 0.25) is 0 Å². The highest BCUT2D eigenvalue weighted by Crippen LogP contribution is 2.10. The highest BCUT2D eigenvalue weighted by Gasteiger charge is 2.30. The molecule has 1 aliphatic heterocycles. The molecule has 0 radical (unpaired) electrons. The van der Waals surface area contributed by atoms with Crippen molar-refractivity contribution in [2.24, 2.45) is 0 Å². The average molecular weight is 355 g/mol. The summed E-state index contributed by atoms with van der Waals surface area (Å²) in [5.74, 6) is -0.0309. The SMILES string of the molecule is C=CCN(CC=C)C(=O)CC1NCCN(CCCc2ccccc2)C1=O. The molecule has 2 rings (SSSR count). The maximum absolute atomic E-state index is 12.7. The Bertz CT molecular complexity index is 605. The summed E-state index contributed by atoms with van der Waals surface area (Å²) >= 11 is 0. The third-order valence-electron chi connectivity index (χ3n) is 4.55. The second kappa shape index (κ2) is 10.6. The molecule has 1 N–H and O–H groups in total. The van der Waals surface area contributed by atoms with Crippen LogP contribution in [0.15, 0.2) is 55.6 Å². The molecule has 0 aromatic heterocycles. The third kappa shape index (κ3) is 5.85. The Morgan fingerprint density at radius 3 is 2.58 bits per heavy atom. The van der Waals surface area contributed by atoms with Crippen molar-refractivity contribution in [2.75, 3.05) is 32.7 Å². The summed E-state index contributed by atoms with van der Waals surface area (Å²) in [7, 11) is 0. The first kappa shape index (κ1) is 19.9. The predicted molar refractivity (Wildman–Crippen MR) is 105 cm³/mol. The van der Waals surface area contributed by atoms with E-state index in [0.717, 1.165) is 25.9 Å².